The Morgan fingerprint density at radius 3 is 2.62 bits per heavy atom. The molecule has 1 saturated heterocycles. The molecule has 1 aromatic carbocycles. The van der Waals surface area contributed by atoms with Crippen molar-refractivity contribution in [2.24, 2.45) is 0 Å². The molecule has 124 valence electrons. The van der Waals surface area contributed by atoms with Crippen molar-refractivity contribution in [2.45, 2.75) is 4.90 Å². The summed E-state index contributed by atoms with van der Waals surface area (Å²) in [7, 11) is -3.65. The van der Waals surface area contributed by atoms with E-state index >= 15 is 0 Å². The van der Waals surface area contributed by atoms with Crippen molar-refractivity contribution in [3.05, 3.63) is 55.0 Å². The molecular weight excluding hydrogens is 324 g/mol. The first kappa shape index (κ1) is 15.2. The van der Waals surface area contributed by atoms with Crippen LogP contribution in [0.4, 0.5) is 5.69 Å². The van der Waals surface area contributed by atoms with Crippen molar-refractivity contribution in [3.8, 4) is 0 Å². The maximum atomic E-state index is 12.9. The molecule has 0 amide bonds. The zero-order valence-corrected chi connectivity index (χ0v) is 13.9. The first-order chi connectivity index (χ1) is 11.7. The molecule has 0 aliphatic carbocycles. The highest BCUT2D eigenvalue weighted by Gasteiger charge is 2.21. The van der Waals surface area contributed by atoms with Crippen molar-refractivity contribution in [1.29, 1.82) is 0 Å². The molecule has 0 spiro atoms. The molecule has 1 aliphatic heterocycles. The van der Waals surface area contributed by atoms with E-state index in [4.69, 9.17) is 0 Å². The van der Waals surface area contributed by atoms with Crippen LogP contribution in [-0.2, 0) is 10.0 Å². The van der Waals surface area contributed by atoms with Crippen LogP contribution >= 0.6 is 0 Å². The fourth-order valence-corrected chi connectivity index (χ4v) is 4.44. The Balaban J connectivity index is 1.84. The van der Waals surface area contributed by atoms with Gasteiger partial charge in [0.1, 0.15) is 4.90 Å². The fraction of sp³-hybridized carbons (Fsp3) is 0.235. The maximum absolute atomic E-state index is 12.9. The van der Waals surface area contributed by atoms with Gasteiger partial charge in [0.2, 0.25) is 0 Å². The molecule has 1 aliphatic rings. The van der Waals surface area contributed by atoms with E-state index in [1.807, 2.05) is 18.2 Å². The van der Waals surface area contributed by atoms with Crippen LogP contribution in [0.1, 0.15) is 0 Å². The SMILES string of the molecule is O=S(=O)(c1cccnc1)n1ccc2c(N3CCNCC3)cccc21. The third-order valence-electron chi connectivity index (χ3n) is 4.32. The summed E-state index contributed by atoms with van der Waals surface area (Å²) in [6.45, 7) is 3.70. The molecule has 0 atom stereocenters. The van der Waals surface area contributed by atoms with Crippen molar-refractivity contribution in [3.63, 3.8) is 0 Å². The van der Waals surface area contributed by atoms with Crippen molar-refractivity contribution in [1.82, 2.24) is 14.3 Å². The lowest BCUT2D eigenvalue weighted by atomic mass is 10.2. The Morgan fingerprint density at radius 2 is 1.88 bits per heavy atom. The summed E-state index contributed by atoms with van der Waals surface area (Å²) in [5, 5.41) is 4.28. The standard InChI is InChI=1S/C17H18N4O2S/c22-24(23,14-3-2-7-19-13-14)21-10-6-15-16(4-1-5-17(15)21)20-11-8-18-9-12-20/h1-7,10,13,18H,8-9,11-12H2. The van der Waals surface area contributed by atoms with Gasteiger partial charge in [0.15, 0.2) is 0 Å². The summed E-state index contributed by atoms with van der Waals surface area (Å²) in [4.78, 5) is 6.41. The zero-order chi connectivity index (χ0) is 16.6. The normalized spacial score (nSPS) is 15.8. The molecule has 7 heteroatoms. The Hall–Kier alpha value is -2.38. The van der Waals surface area contributed by atoms with Crippen LogP contribution < -0.4 is 10.2 Å². The lowest BCUT2D eigenvalue weighted by Gasteiger charge is -2.30. The number of piperazine rings is 1. The number of aromatic nitrogens is 2. The molecule has 1 fully saturated rings. The Bertz CT molecular complexity index is 961. The zero-order valence-electron chi connectivity index (χ0n) is 13.1. The number of nitrogens with one attached hydrogen (secondary N) is 1. The summed E-state index contributed by atoms with van der Waals surface area (Å²) in [6, 6.07) is 10.9. The molecule has 4 rings (SSSR count). The number of hydrogen-bond donors (Lipinski definition) is 1. The number of anilines is 1. The summed E-state index contributed by atoms with van der Waals surface area (Å²) in [5.74, 6) is 0. The molecule has 6 nitrogen and oxygen atoms in total. The Kier molecular flexibility index (Phi) is 3.74. The quantitative estimate of drug-likeness (QED) is 0.784. The number of fused-ring (bicyclic) bond motifs is 1. The van der Waals surface area contributed by atoms with Gasteiger partial charge in [-0.2, -0.15) is 0 Å². The molecule has 0 bridgehead atoms. The van der Waals surface area contributed by atoms with Crippen molar-refractivity contribution < 1.29 is 8.42 Å². The van der Waals surface area contributed by atoms with Crippen LogP contribution in [0, 0.1) is 0 Å². The van der Waals surface area contributed by atoms with E-state index in [2.05, 4.69) is 21.3 Å². The van der Waals surface area contributed by atoms with Crippen LogP contribution in [0.15, 0.2) is 59.9 Å². The fourth-order valence-electron chi connectivity index (χ4n) is 3.13. The third-order valence-corrected chi connectivity index (χ3v) is 6.00. The van der Waals surface area contributed by atoms with Crippen LogP contribution in [0.5, 0.6) is 0 Å². The molecule has 1 N–H and O–H groups in total. The number of rotatable bonds is 3. The van der Waals surface area contributed by atoms with E-state index in [0.29, 0.717) is 5.52 Å². The van der Waals surface area contributed by atoms with Crippen LogP contribution in [0.2, 0.25) is 0 Å². The van der Waals surface area contributed by atoms with Gasteiger partial charge in [0.05, 0.1) is 5.52 Å². The second kappa shape index (κ2) is 5.92. The monoisotopic (exact) mass is 342 g/mol. The highest BCUT2D eigenvalue weighted by Crippen LogP contribution is 2.30. The van der Waals surface area contributed by atoms with E-state index in [1.165, 1.54) is 10.2 Å². The molecule has 3 heterocycles. The lowest BCUT2D eigenvalue weighted by Crippen LogP contribution is -2.43. The number of pyridine rings is 1. The second-order valence-electron chi connectivity index (χ2n) is 5.75. The topological polar surface area (TPSA) is 67.2 Å². The molecule has 0 radical (unpaired) electrons. The molecule has 0 unspecified atom stereocenters. The predicted octanol–water partition coefficient (Wildman–Crippen LogP) is 1.68. The smallest absolute Gasteiger partial charge is 0.269 e. The largest absolute Gasteiger partial charge is 0.368 e. The predicted molar refractivity (Wildman–Crippen MR) is 93.8 cm³/mol. The minimum absolute atomic E-state index is 0.190. The van der Waals surface area contributed by atoms with Crippen molar-refractivity contribution in [2.75, 3.05) is 31.1 Å². The second-order valence-corrected chi connectivity index (χ2v) is 7.57. The van der Waals surface area contributed by atoms with Crippen LogP contribution in [0.3, 0.4) is 0 Å². The van der Waals surface area contributed by atoms with Gasteiger partial charge in [-0.05, 0) is 30.3 Å². The molecule has 0 saturated carbocycles. The lowest BCUT2D eigenvalue weighted by molar-refractivity contribution is 0.588. The van der Waals surface area contributed by atoms with E-state index in [0.717, 1.165) is 37.3 Å². The van der Waals surface area contributed by atoms with Gasteiger partial charge < -0.3 is 10.2 Å². The van der Waals surface area contributed by atoms with Crippen LogP contribution in [0.25, 0.3) is 10.9 Å². The minimum Gasteiger partial charge on any atom is -0.368 e. The van der Waals surface area contributed by atoms with E-state index in [9.17, 15) is 8.42 Å². The summed E-state index contributed by atoms with van der Waals surface area (Å²) in [6.07, 6.45) is 4.56. The van der Waals surface area contributed by atoms with Gasteiger partial charge >= 0.3 is 0 Å². The van der Waals surface area contributed by atoms with E-state index in [1.54, 1.807) is 24.5 Å². The number of nitrogens with zero attached hydrogens (tertiary/aromatic N) is 3. The highest BCUT2D eigenvalue weighted by atomic mass is 32.2. The molecule has 24 heavy (non-hydrogen) atoms. The Labute approximate surface area is 140 Å². The maximum Gasteiger partial charge on any atom is 0.269 e. The molecule has 3 aromatic rings. The summed E-state index contributed by atoms with van der Waals surface area (Å²) < 4.78 is 27.1. The van der Waals surface area contributed by atoms with Gasteiger partial charge in [0, 0.05) is 55.8 Å². The van der Waals surface area contributed by atoms with Gasteiger partial charge in [0.25, 0.3) is 10.0 Å². The number of benzene rings is 1. The third kappa shape index (κ3) is 2.46. The Morgan fingerprint density at radius 1 is 1.04 bits per heavy atom. The van der Waals surface area contributed by atoms with Gasteiger partial charge in [-0.1, -0.05) is 6.07 Å². The van der Waals surface area contributed by atoms with Gasteiger partial charge in [-0.3, -0.25) is 4.98 Å². The van der Waals surface area contributed by atoms with Gasteiger partial charge in [-0.15, -0.1) is 0 Å². The van der Waals surface area contributed by atoms with Crippen molar-refractivity contribution >= 4 is 26.6 Å². The molecular formula is C17H18N4O2S. The van der Waals surface area contributed by atoms with Gasteiger partial charge in [-0.25, -0.2) is 12.4 Å². The first-order valence-electron chi connectivity index (χ1n) is 7.89. The highest BCUT2D eigenvalue weighted by molar-refractivity contribution is 7.90. The summed E-state index contributed by atoms with van der Waals surface area (Å²) in [5.41, 5.74) is 1.77. The van der Waals surface area contributed by atoms with Crippen LogP contribution in [-0.4, -0.2) is 43.6 Å². The number of hydrogen-bond acceptors (Lipinski definition) is 5. The summed E-state index contributed by atoms with van der Waals surface area (Å²) >= 11 is 0. The average molecular weight is 342 g/mol. The first-order valence-corrected chi connectivity index (χ1v) is 9.33. The average Bonchev–Trinajstić information content (AvgIpc) is 3.08. The van der Waals surface area contributed by atoms with E-state index < -0.39 is 10.0 Å². The molecule has 2 aromatic heterocycles. The minimum atomic E-state index is -3.65. The van der Waals surface area contributed by atoms with E-state index in [-0.39, 0.29) is 4.90 Å².